The molecule has 6 heteroatoms. The van der Waals surface area contributed by atoms with Crippen molar-refractivity contribution in [1.29, 1.82) is 0 Å². The number of nitrogens with one attached hydrogen (secondary N) is 1. The summed E-state index contributed by atoms with van der Waals surface area (Å²) in [4.78, 5) is 14.6. The minimum absolute atomic E-state index is 0.0605. The average molecular weight is 318 g/mol. The average Bonchev–Trinajstić information content (AvgIpc) is 3.07. The zero-order chi connectivity index (χ0) is 16.8. The van der Waals surface area contributed by atoms with Crippen LogP contribution >= 0.6 is 0 Å². The number of rotatable bonds is 7. The van der Waals surface area contributed by atoms with Gasteiger partial charge in [0.2, 0.25) is 0 Å². The number of carbonyl (C=O) groups is 1. The second-order valence-electron chi connectivity index (χ2n) is 5.24. The number of likely N-dealkylation sites (N-methyl/N-ethyl adjacent to an activating group) is 1. The lowest BCUT2D eigenvalue weighted by atomic mass is 10.1. The summed E-state index contributed by atoms with van der Waals surface area (Å²) in [7, 11) is 6.92. The maximum absolute atomic E-state index is 12.6. The SMILES string of the molecule is COc1cccc(OC)c1C(=O)NCC(c1ccco1)N(C)C. The van der Waals surface area contributed by atoms with Crippen LogP contribution in [-0.2, 0) is 0 Å². The molecule has 0 aliphatic heterocycles. The van der Waals surface area contributed by atoms with Gasteiger partial charge in [0.1, 0.15) is 22.8 Å². The third kappa shape index (κ3) is 3.84. The number of nitrogens with zero attached hydrogens (tertiary/aromatic N) is 1. The molecule has 124 valence electrons. The van der Waals surface area contributed by atoms with Gasteiger partial charge in [-0.2, -0.15) is 0 Å². The Kier molecular flexibility index (Phi) is 5.65. The van der Waals surface area contributed by atoms with Crippen LogP contribution in [0.25, 0.3) is 0 Å². The van der Waals surface area contributed by atoms with Crippen molar-refractivity contribution in [3.8, 4) is 11.5 Å². The Bertz CT molecular complexity index is 616. The summed E-state index contributed by atoms with van der Waals surface area (Å²) in [6.07, 6.45) is 1.62. The summed E-state index contributed by atoms with van der Waals surface area (Å²) in [6.45, 7) is 0.403. The first-order valence-electron chi connectivity index (χ1n) is 7.27. The van der Waals surface area contributed by atoms with Gasteiger partial charge in [0, 0.05) is 6.54 Å². The molecule has 1 aromatic heterocycles. The van der Waals surface area contributed by atoms with E-state index in [1.165, 1.54) is 14.2 Å². The molecule has 6 nitrogen and oxygen atoms in total. The van der Waals surface area contributed by atoms with Crippen molar-refractivity contribution in [2.45, 2.75) is 6.04 Å². The molecule has 1 heterocycles. The van der Waals surface area contributed by atoms with Gasteiger partial charge < -0.3 is 19.2 Å². The highest BCUT2D eigenvalue weighted by Crippen LogP contribution is 2.28. The van der Waals surface area contributed by atoms with Gasteiger partial charge in [0.25, 0.3) is 5.91 Å². The topological polar surface area (TPSA) is 63.9 Å². The maximum atomic E-state index is 12.6. The van der Waals surface area contributed by atoms with E-state index >= 15 is 0 Å². The highest BCUT2D eigenvalue weighted by molar-refractivity contribution is 5.99. The van der Waals surface area contributed by atoms with Crippen molar-refractivity contribution in [3.05, 3.63) is 47.9 Å². The molecule has 0 bridgehead atoms. The Labute approximate surface area is 136 Å². The van der Waals surface area contributed by atoms with E-state index in [9.17, 15) is 4.79 Å². The maximum Gasteiger partial charge on any atom is 0.258 e. The van der Waals surface area contributed by atoms with Crippen LogP contribution in [0.1, 0.15) is 22.2 Å². The molecule has 0 aliphatic carbocycles. The van der Waals surface area contributed by atoms with Crippen molar-refractivity contribution >= 4 is 5.91 Å². The minimum atomic E-state index is -0.252. The Morgan fingerprint density at radius 2 is 1.83 bits per heavy atom. The van der Waals surface area contributed by atoms with Crippen molar-refractivity contribution in [3.63, 3.8) is 0 Å². The first-order valence-corrected chi connectivity index (χ1v) is 7.27. The van der Waals surface area contributed by atoms with Gasteiger partial charge in [-0.3, -0.25) is 9.69 Å². The van der Waals surface area contributed by atoms with Crippen molar-refractivity contribution in [2.75, 3.05) is 34.9 Å². The van der Waals surface area contributed by atoms with E-state index in [1.807, 2.05) is 31.1 Å². The van der Waals surface area contributed by atoms with Gasteiger partial charge in [-0.15, -0.1) is 0 Å². The Morgan fingerprint density at radius 3 is 2.30 bits per heavy atom. The van der Waals surface area contributed by atoms with Crippen LogP contribution in [0.4, 0.5) is 0 Å². The molecule has 1 atom stereocenters. The van der Waals surface area contributed by atoms with Gasteiger partial charge in [0.05, 0.1) is 26.5 Å². The molecule has 0 aliphatic rings. The quantitative estimate of drug-likeness (QED) is 0.849. The van der Waals surface area contributed by atoms with Crippen LogP contribution < -0.4 is 14.8 Å². The molecule has 2 aromatic rings. The molecule has 1 unspecified atom stereocenters. The summed E-state index contributed by atoms with van der Waals surface area (Å²) in [5.41, 5.74) is 0.384. The molecular formula is C17H22N2O4. The van der Waals surface area contributed by atoms with E-state index < -0.39 is 0 Å². The van der Waals surface area contributed by atoms with Crippen molar-refractivity contribution < 1.29 is 18.7 Å². The van der Waals surface area contributed by atoms with Crippen LogP contribution in [0, 0.1) is 0 Å². The van der Waals surface area contributed by atoms with Crippen LogP contribution in [0.15, 0.2) is 41.0 Å². The van der Waals surface area contributed by atoms with E-state index in [-0.39, 0.29) is 11.9 Å². The zero-order valence-electron chi connectivity index (χ0n) is 13.8. The molecule has 0 saturated carbocycles. The molecule has 1 aromatic carbocycles. The summed E-state index contributed by atoms with van der Waals surface area (Å²) in [5.74, 6) is 1.49. The van der Waals surface area contributed by atoms with Gasteiger partial charge in [-0.05, 0) is 38.4 Å². The Morgan fingerprint density at radius 1 is 1.17 bits per heavy atom. The first-order chi connectivity index (χ1) is 11.1. The van der Waals surface area contributed by atoms with Crippen LogP contribution in [0.2, 0.25) is 0 Å². The van der Waals surface area contributed by atoms with Crippen LogP contribution in [-0.4, -0.2) is 45.7 Å². The molecule has 2 rings (SSSR count). The van der Waals surface area contributed by atoms with Crippen LogP contribution in [0.5, 0.6) is 11.5 Å². The minimum Gasteiger partial charge on any atom is -0.496 e. The third-order valence-corrected chi connectivity index (χ3v) is 3.61. The number of ether oxygens (including phenoxy) is 2. The predicted molar refractivity (Wildman–Crippen MR) is 87.0 cm³/mol. The van der Waals surface area contributed by atoms with E-state index in [0.29, 0.717) is 23.6 Å². The summed E-state index contributed by atoms with van der Waals surface area (Å²) < 4.78 is 16.0. The monoisotopic (exact) mass is 318 g/mol. The number of benzene rings is 1. The summed E-state index contributed by atoms with van der Waals surface area (Å²) >= 11 is 0. The molecule has 0 fully saturated rings. The number of furan rings is 1. The van der Waals surface area contributed by atoms with Gasteiger partial charge in [0.15, 0.2) is 0 Å². The lowest BCUT2D eigenvalue weighted by molar-refractivity contribution is 0.0933. The fourth-order valence-corrected chi connectivity index (χ4v) is 2.37. The number of hydrogen-bond donors (Lipinski definition) is 1. The molecule has 0 saturated heterocycles. The largest absolute Gasteiger partial charge is 0.496 e. The number of methoxy groups -OCH3 is 2. The zero-order valence-corrected chi connectivity index (χ0v) is 13.8. The van der Waals surface area contributed by atoms with Gasteiger partial charge in [-0.25, -0.2) is 0 Å². The summed E-state index contributed by atoms with van der Waals surface area (Å²) in [6, 6.07) is 8.90. The first kappa shape index (κ1) is 16.9. The van der Waals surface area contributed by atoms with E-state index in [0.717, 1.165) is 5.76 Å². The van der Waals surface area contributed by atoms with Crippen molar-refractivity contribution in [2.24, 2.45) is 0 Å². The number of amides is 1. The highest BCUT2D eigenvalue weighted by atomic mass is 16.5. The lowest BCUT2D eigenvalue weighted by Crippen LogP contribution is -2.34. The highest BCUT2D eigenvalue weighted by Gasteiger charge is 2.22. The standard InChI is InChI=1S/C17H22N2O4/c1-19(2)12(13-9-6-10-23-13)11-18-17(20)16-14(21-3)7-5-8-15(16)22-4/h5-10,12H,11H2,1-4H3,(H,18,20). The Hall–Kier alpha value is -2.47. The van der Waals surface area contributed by atoms with Crippen molar-refractivity contribution in [1.82, 2.24) is 10.2 Å². The smallest absolute Gasteiger partial charge is 0.258 e. The van der Waals surface area contributed by atoms with Gasteiger partial charge in [-0.1, -0.05) is 6.07 Å². The summed E-state index contributed by atoms with van der Waals surface area (Å²) in [5, 5.41) is 2.92. The molecule has 1 N–H and O–H groups in total. The second-order valence-corrected chi connectivity index (χ2v) is 5.24. The Balaban J connectivity index is 2.16. The molecule has 0 spiro atoms. The predicted octanol–water partition coefficient (Wildman–Crippen LogP) is 2.33. The van der Waals surface area contributed by atoms with E-state index in [4.69, 9.17) is 13.9 Å². The normalized spacial score (nSPS) is 12.0. The second kappa shape index (κ2) is 7.69. The fourth-order valence-electron chi connectivity index (χ4n) is 2.37. The molecule has 1 amide bonds. The number of hydrogen-bond acceptors (Lipinski definition) is 5. The molecular weight excluding hydrogens is 296 g/mol. The lowest BCUT2D eigenvalue weighted by Gasteiger charge is -2.23. The van der Waals surface area contributed by atoms with E-state index in [2.05, 4.69) is 5.32 Å². The van der Waals surface area contributed by atoms with Crippen LogP contribution in [0.3, 0.4) is 0 Å². The number of carbonyl (C=O) groups excluding carboxylic acids is 1. The fraction of sp³-hybridized carbons (Fsp3) is 0.353. The molecule has 0 radical (unpaired) electrons. The van der Waals surface area contributed by atoms with Gasteiger partial charge >= 0.3 is 0 Å². The van der Waals surface area contributed by atoms with E-state index in [1.54, 1.807) is 24.5 Å². The third-order valence-electron chi connectivity index (χ3n) is 3.61. The molecule has 23 heavy (non-hydrogen) atoms.